The van der Waals surface area contributed by atoms with Crippen molar-refractivity contribution in [1.29, 1.82) is 0 Å². The average Bonchev–Trinajstić information content (AvgIpc) is 3.33. The number of nitrogens with zero attached hydrogens (tertiary/aromatic N) is 2. The van der Waals surface area contributed by atoms with E-state index >= 15 is 0 Å². The minimum absolute atomic E-state index is 0.0384. The van der Waals surface area contributed by atoms with Crippen molar-refractivity contribution in [3.05, 3.63) is 101 Å². The number of ether oxygens (including phenoxy) is 3. The molecule has 0 radical (unpaired) electrons. The standard InChI is InChI=1S/C31H31FN2O6/c1-5-37-29(35)18-34(31(36)40-26-14-11-20(2)27(32)17-26)21(3)23-12-15-25(16-13-23)38-19-28-22(4)39-30(33-28)24-9-7-6-8-10-24/h6-17,21H,5,18-19H2,1-4H3/t21-/m0/s1. The maximum absolute atomic E-state index is 14.0. The fourth-order valence-electron chi connectivity index (χ4n) is 3.94. The van der Waals surface area contributed by atoms with Gasteiger partial charge in [0.05, 0.1) is 12.6 Å². The highest BCUT2D eigenvalue weighted by Gasteiger charge is 2.27. The molecule has 1 atom stereocenters. The zero-order valence-corrected chi connectivity index (χ0v) is 22.8. The van der Waals surface area contributed by atoms with Crippen molar-refractivity contribution in [2.75, 3.05) is 13.2 Å². The SMILES string of the molecule is CCOC(=O)CN(C(=O)Oc1ccc(C)c(F)c1)[C@@H](C)c1ccc(OCc2nc(-c3ccccc3)oc2C)cc1. The highest BCUT2D eigenvalue weighted by atomic mass is 19.1. The summed E-state index contributed by atoms with van der Waals surface area (Å²) in [6, 6.07) is 20.3. The summed E-state index contributed by atoms with van der Waals surface area (Å²) in [5.41, 5.74) is 2.72. The Labute approximate surface area is 232 Å². The molecule has 0 bridgehead atoms. The maximum Gasteiger partial charge on any atom is 0.416 e. The Kier molecular flexibility index (Phi) is 9.16. The van der Waals surface area contributed by atoms with Gasteiger partial charge in [0, 0.05) is 11.6 Å². The molecule has 0 saturated heterocycles. The molecule has 4 rings (SSSR count). The number of oxazole rings is 1. The number of halogens is 1. The van der Waals surface area contributed by atoms with Crippen molar-refractivity contribution in [1.82, 2.24) is 9.88 Å². The minimum Gasteiger partial charge on any atom is -0.487 e. The first kappa shape index (κ1) is 28.4. The molecule has 0 unspecified atom stereocenters. The van der Waals surface area contributed by atoms with E-state index in [0.717, 1.165) is 17.2 Å². The summed E-state index contributed by atoms with van der Waals surface area (Å²) in [4.78, 5) is 31.1. The molecule has 0 aliphatic heterocycles. The Bertz CT molecular complexity index is 1450. The third kappa shape index (κ3) is 7.05. The largest absolute Gasteiger partial charge is 0.487 e. The van der Waals surface area contributed by atoms with E-state index in [2.05, 4.69) is 4.98 Å². The van der Waals surface area contributed by atoms with Crippen LogP contribution in [0.15, 0.2) is 77.2 Å². The van der Waals surface area contributed by atoms with E-state index in [0.29, 0.717) is 28.7 Å². The molecule has 0 spiro atoms. The summed E-state index contributed by atoms with van der Waals surface area (Å²) in [5.74, 6) is 0.751. The Morgan fingerprint density at radius 1 is 1.00 bits per heavy atom. The normalized spacial score (nSPS) is 11.5. The molecule has 1 amide bonds. The maximum atomic E-state index is 14.0. The summed E-state index contributed by atoms with van der Waals surface area (Å²) in [7, 11) is 0. The lowest BCUT2D eigenvalue weighted by Gasteiger charge is -2.28. The van der Waals surface area contributed by atoms with Crippen molar-refractivity contribution >= 4 is 12.1 Å². The van der Waals surface area contributed by atoms with Crippen LogP contribution in [-0.4, -0.2) is 35.1 Å². The van der Waals surface area contributed by atoms with Gasteiger partial charge < -0.3 is 18.6 Å². The second-order valence-corrected chi connectivity index (χ2v) is 9.13. The highest BCUT2D eigenvalue weighted by Crippen LogP contribution is 2.26. The number of carbonyl (C=O) groups is 2. The summed E-state index contributed by atoms with van der Waals surface area (Å²) in [5, 5.41) is 0. The first-order valence-corrected chi connectivity index (χ1v) is 12.9. The van der Waals surface area contributed by atoms with Crippen molar-refractivity contribution < 1.29 is 32.6 Å². The van der Waals surface area contributed by atoms with Gasteiger partial charge in [-0.1, -0.05) is 36.4 Å². The second-order valence-electron chi connectivity index (χ2n) is 9.13. The van der Waals surface area contributed by atoms with Crippen LogP contribution >= 0.6 is 0 Å². The predicted molar refractivity (Wildman–Crippen MR) is 146 cm³/mol. The second kappa shape index (κ2) is 12.9. The summed E-state index contributed by atoms with van der Waals surface area (Å²) < 4.78 is 36.1. The molecular weight excluding hydrogens is 515 g/mol. The molecule has 1 heterocycles. The van der Waals surface area contributed by atoms with Crippen molar-refractivity contribution in [3.63, 3.8) is 0 Å². The number of esters is 1. The summed E-state index contributed by atoms with van der Waals surface area (Å²) in [6.45, 7) is 6.93. The zero-order valence-electron chi connectivity index (χ0n) is 22.8. The smallest absolute Gasteiger partial charge is 0.416 e. The lowest BCUT2D eigenvalue weighted by Crippen LogP contribution is -2.40. The van der Waals surface area contributed by atoms with E-state index in [-0.39, 0.29) is 25.5 Å². The monoisotopic (exact) mass is 546 g/mol. The topological polar surface area (TPSA) is 91.1 Å². The molecule has 208 valence electrons. The molecule has 9 heteroatoms. The number of benzene rings is 3. The number of aromatic nitrogens is 1. The number of aryl methyl sites for hydroxylation is 2. The molecule has 0 aliphatic rings. The predicted octanol–water partition coefficient (Wildman–Crippen LogP) is 6.80. The molecule has 3 aromatic carbocycles. The quantitative estimate of drug-likeness (QED) is 0.202. The molecule has 8 nitrogen and oxygen atoms in total. The van der Waals surface area contributed by atoms with Crippen LogP contribution in [-0.2, 0) is 16.1 Å². The third-order valence-corrected chi connectivity index (χ3v) is 6.31. The number of hydrogen-bond donors (Lipinski definition) is 0. The van der Waals surface area contributed by atoms with Gasteiger partial charge in [-0.25, -0.2) is 14.2 Å². The van der Waals surface area contributed by atoms with Gasteiger partial charge in [0.25, 0.3) is 0 Å². The lowest BCUT2D eigenvalue weighted by molar-refractivity contribution is -0.144. The first-order valence-electron chi connectivity index (χ1n) is 12.9. The zero-order chi connectivity index (χ0) is 28.6. The lowest BCUT2D eigenvalue weighted by atomic mass is 10.1. The van der Waals surface area contributed by atoms with Gasteiger partial charge in [0.2, 0.25) is 5.89 Å². The summed E-state index contributed by atoms with van der Waals surface area (Å²) >= 11 is 0. The van der Waals surface area contributed by atoms with Crippen LogP contribution in [0.3, 0.4) is 0 Å². The molecule has 0 fully saturated rings. The van der Waals surface area contributed by atoms with E-state index < -0.39 is 23.9 Å². The number of amides is 1. The van der Waals surface area contributed by atoms with Gasteiger partial charge in [0.15, 0.2) is 0 Å². The third-order valence-electron chi connectivity index (χ3n) is 6.31. The van der Waals surface area contributed by atoms with Crippen LogP contribution in [0.1, 0.15) is 42.5 Å². The molecule has 1 aromatic heterocycles. The van der Waals surface area contributed by atoms with Gasteiger partial charge in [-0.2, -0.15) is 0 Å². The van der Waals surface area contributed by atoms with Crippen LogP contribution in [0, 0.1) is 19.7 Å². The van der Waals surface area contributed by atoms with Crippen LogP contribution in [0.5, 0.6) is 11.5 Å². The van der Waals surface area contributed by atoms with Gasteiger partial charge in [-0.3, -0.25) is 9.69 Å². The van der Waals surface area contributed by atoms with Gasteiger partial charge >= 0.3 is 12.1 Å². The van der Waals surface area contributed by atoms with E-state index in [1.807, 2.05) is 37.3 Å². The van der Waals surface area contributed by atoms with Crippen molar-refractivity contribution in [2.24, 2.45) is 0 Å². The fourth-order valence-corrected chi connectivity index (χ4v) is 3.94. The molecular formula is C31H31FN2O6. The minimum atomic E-state index is -0.806. The average molecular weight is 547 g/mol. The van der Waals surface area contributed by atoms with Crippen molar-refractivity contribution in [3.8, 4) is 23.0 Å². The van der Waals surface area contributed by atoms with Crippen molar-refractivity contribution in [2.45, 2.75) is 40.3 Å². The van der Waals surface area contributed by atoms with E-state index in [1.54, 1.807) is 45.0 Å². The Balaban J connectivity index is 1.44. The van der Waals surface area contributed by atoms with Crippen LogP contribution in [0.4, 0.5) is 9.18 Å². The van der Waals surface area contributed by atoms with E-state index in [1.165, 1.54) is 17.0 Å². The van der Waals surface area contributed by atoms with Gasteiger partial charge in [-0.05, 0) is 69.2 Å². The Morgan fingerprint density at radius 2 is 1.70 bits per heavy atom. The molecule has 0 saturated carbocycles. The van der Waals surface area contributed by atoms with Gasteiger partial charge in [-0.15, -0.1) is 0 Å². The number of carbonyl (C=O) groups excluding carboxylic acids is 2. The number of rotatable bonds is 10. The van der Waals surface area contributed by atoms with E-state index in [9.17, 15) is 14.0 Å². The fraction of sp³-hybridized carbons (Fsp3) is 0.258. The molecule has 40 heavy (non-hydrogen) atoms. The number of hydrogen-bond acceptors (Lipinski definition) is 7. The van der Waals surface area contributed by atoms with Crippen LogP contribution < -0.4 is 9.47 Å². The summed E-state index contributed by atoms with van der Waals surface area (Å²) in [6.07, 6.45) is -0.806. The first-order chi connectivity index (χ1) is 19.2. The molecule has 0 aliphatic carbocycles. The highest BCUT2D eigenvalue weighted by molar-refractivity contribution is 5.79. The van der Waals surface area contributed by atoms with Gasteiger partial charge in [0.1, 0.15) is 41.9 Å². The molecule has 4 aromatic rings. The Hall–Kier alpha value is -4.66. The Morgan fingerprint density at radius 3 is 2.38 bits per heavy atom. The van der Waals surface area contributed by atoms with E-state index in [4.69, 9.17) is 18.6 Å². The van der Waals surface area contributed by atoms with Crippen LogP contribution in [0.2, 0.25) is 0 Å². The molecule has 0 N–H and O–H groups in total. The van der Waals surface area contributed by atoms with Crippen LogP contribution in [0.25, 0.3) is 11.5 Å².